The minimum Gasteiger partial charge on any atom is -0.354 e. The first-order valence-electron chi connectivity index (χ1n) is 11.5. The third-order valence-electron chi connectivity index (χ3n) is 6.28. The van der Waals surface area contributed by atoms with Gasteiger partial charge >= 0.3 is 0 Å². The molecule has 1 atom stereocenters. The summed E-state index contributed by atoms with van der Waals surface area (Å²) in [6.45, 7) is 10.7. The quantitative estimate of drug-likeness (QED) is 0.661. The summed E-state index contributed by atoms with van der Waals surface area (Å²) in [6.07, 6.45) is 4.79. The van der Waals surface area contributed by atoms with Crippen LogP contribution in [0.3, 0.4) is 0 Å². The van der Waals surface area contributed by atoms with Crippen LogP contribution in [0.25, 0.3) is 4.91 Å². The minimum atomic E-state index is -3.73. The number of rotatable bonds is 6. The summed E-state index contributed by atoms with van der Waals surface area (Å²) >= 11 is 0. The van der Waals surface area contributed by atoms with E-state index in [1.165, 1.54) is 5.56 Å². The van der Waals surface area contributed by atoms with Gasteiger partial charge in [0.05, 0.1) is 0 Å². The molecular formula is C24H35N3O3S. The highest BCUT2D eigenvalue weighted by Gasteiger charge is 2.34. The van der Waals surface area contributed by atoms with Gasteiger partial charge in [-0.2, -0.15) is 8.42 Å². The van der Waals surface area contributed by atoms with Gasteiger partial charge in [0, 0.05) is 37.7 Å². The van der Waals surface area contributed by atoms with E-state index in [2.05, 4.69) is 18.2 Å². The van der Waals surface area contributed by atoms with E-state index < -0.39 is 10.0 Å². The molecule has 0 spiro atoms. The summed E-state index contributed by atoms with van der Waals surface area (Å²) in [5.74, 6) is 0.776. The van der Waals surface area contributed by atoms with E-state index in [1.54, 1.807) is 0 Å². The van der Waals surface area contributed by atoms with E-state index in [-0.39, 0.29) is 11.8 Å². The molecule has 0 radical (unpaired) electrons. The van der Waals surface area contributed by atoms with E-state index in [1.807, 2.05) is 47.9 Å². The van der Waals surface area contributed by atoms with Gasteiger partial charge in [-0.3, -0.25) is 4.79 Å². The Morgan fingerprint density at radius 3 is 2.45 bits per heavy atom. The van der Waals surface area contributed by atoms with Gasteiger partial charge in [0.25, 0.3) is 10.0 Å². The number of carbonyl (C=O) groups excluding carboxylic acids is 1. The maximum absolute atomic E-state index is 12.9. The minimum absolute atomic E-state index is 0.0371. The van der Waals surface area contributed by atoms with Gasteiger partial charge in [-0.05, 0) is 37.3 Å². The SMILES string of the molecule is CCCC[C@H](C)C(=O)N1CCCN(C2=NS(=O)(=O)C(c3ccc(CC)cc3)=C2C)CC1. The number of hydrogen-bond acceptors (Lipinski definition) is 4. The second-order valence-electron chi connectivity index (χ2n) is 8.60. The van der Waals surface area contributed by atoms with E-state index in [9.17, 15) is 13.2 Å². The molecule has 0 bridgehead atoms. The number of benzene rings is 1. The molecule has 2 aliphatic rings. The van der Waals surface area contributed by atoms with Crippen LogP contribution in [0.1, 0.15) is 64.5 Å². The number of carbonyl (C=O) groups is 1. The number of sulfonamides is 1. The molecule has 1 aromatic rings. The van der Waals surface area contributed by atoms with Gasteiger partial charge in [0.2, 0.25) is 5.91 Å². The Kier molecular flexibility index (Phi) is 7.57. The van der Waals surface area contributed by atoms with E-state index in [0.29, 0.717) is 48.1 Å². The molecule has 170 valence electrons. The third kappa shape index (κ3) is 5.20. The van der Waals surface area contributed by atoms with Crippen LogP contribution in [-0.4, -0.2) is 56.1 Å². The Hall–Kier alpha value is -2.15. The van der Waals surface area contributed by atoms with Crippen LogP contribution in [-0.2, 0) is 21.2 Å². The molecule has 1 saturated heterocycles. The first kappa shape index (κ1) is 23.5. The number of nitrogens with zero attached hydrogens (tertiary/aromatic N) is 3. The molecule has 1 amide bonds. The summed E-state index contributed by atoms with van der Waals surface area (Å²) in [7, 11) is -3.73. The summed E-state index contributed by atoms with van der Waals surface area (Å²) < 4.78 is 29.9. The fourth-order valence-electron chi connectivity index (χ4n) is 4.37. The summed E-state index contributed by atoms with van der Waals surface area (Å²) in [4.78, 5) is 17.1. The molecule has 2 aliphatic heterocycles. The normalized spacial score (nSPS) is 19.9. The molecule has 7 heteroatoms. The number of aryl methyl sites for hydroxylation is 1. The number of unbranched alkanes of at least 4 members (excludes halogenated alkanes) is 1. The van der Waals surface area contributed by atoms with Gasteiger partial charge in [0.1, 0.15) is 10.7 Å². The largest absolute Gasteiger partial charge is 0.354 e. The lowest BCUT2D eigenvalue weighted by molar-refractivity contribution is -0.135. The van der Waals surface area contributed by atoms with E-state index >= 15 is 0 Å². The second kappa shape index (κ2) is 9.98. The highest BCUT2D eigenvalue weighted by Crippen LogP contribution is 2.34. The van der Waals surface area contributed by atoms with Gasteiger partial charge in [-0.15, -0.1) is 4.40 Å². The fourth-order valence-corrected chi connectivity index (χ4v) is 5.85. The predicted octanol–water partition coefficient (Wildman–Crippen LogP) is 4.08. The molecule has 0 aromatic heterocycles. The average molecular weight is 446 g/mol. The van der Waals surface area contributed by atoms with Crippen LogP contribution in [0.15, 0.2) is 34.2 Å². The predicted molar refractivity (Wildman–Crippen MR) is 126 cm³/mol. The lowest BCUT2D eigenvalue weighted by atomic mass is 10.0. The van der Waals surface area contributed by atoms with Crippen molar-refractivity contribution in [2.45, 2.75) is 59.8 Å². The number of hydrogen-bond donors (Lipinski definition) is 0. The first-order chi connectivity index (χ1) is 14.8. The maximum atomic E-state index is 12.9. The van der Waals surface area contributed by atoms with Crippen LogP contribution < -0.4 is 0 Å². The Balaban J connectivity index is 1.76. The summed E-state index contributed by atoms with van der Waals surface area (Å²) in [5.41, 5.74) is 2.55. The van der Waals surface area contributed by atoms with Crippen molar-refractivity contribution in [1.82, 2.24) is 9.80 Å². The molecule has 0 saturated carbocycles. The zero-order valence-electron chi connectivity index (χ0n) is 19.2. The molecule has 0 unspecified atom stereocenters. The van der Waals surface area contributed by atoms with Crippen LogP contribution >= 0.6 is 0 Å². The second-order valence-corrected chi connectivity index (χ2v) is 10.1. The summed E-state index contributed by atoms with van der Waals surface area (Å²) in [5, 5.41) is 0. The zero-order valence-corrected chi connectivity index (χ0v) is 20.0. The lowest BCUT2D eigenvalue weighted by Crippen LogP contribution is -2.39. The highest BCUT2D eigenvalue weighted by molar-refractivity contribution is 8.00. The molecule has 0 N–H and O–H groups in total. The van der Waals surface area contributed by atoms with Crippen molar-refractivity contribution in [1.29, 1.82) is 0 Å². The van der Waals surface area contributed by atoms with Crippen molar-refractivity contribution in [3.05, 3.63) is 41.0 Å². The van der Waals surface area contributed by atoms with Crippen molar-refractivity contribution in [3.8, 4) is 0 Å². The van der Waals surface area contributed by atoms with E-state index in [0.717, 1.165) is 32.1 Å². The Morgan fingerprint density at radius 2 is 1.81 bits per heavy atom. The van der Waals surface area contributed by atoms with Gasteiger partial charge < -0.3 is 9.80 Å². The number of amidine groups is 1. The van der Waals surface area contributed by atoms with Crippen molar-refractivity contribution in [2.24, 2.45) is 10.3 Å². The molecule has 6 nitrogen and oxygen atoms in total. The molecule has 1 aromatic carbocycles. The van der Waals surface area contributed by atoms with E-state index in [4.69, 9.17) is 0 Å². The first-order valence-corrected chi connectivity index (χ1v) is 12.9. The van der Waals surface area contributed by atoms with Crippen LogP contribution in [0.5, 0.6) is 0 Å². The highest BCUT2D eigenvalue weighted by atomic mass is 32.2. The Labute approximate surface area is 187 Å². The molecule has 1 fully saturated rings. The molecular weight excluding hydrogens is 410 g/mol. The standard InChI is InChI=1S/C24H35N3O3S/c1-5-7-9-18(3)24(28)27-15-8-14-26(16-17-27)23-19(4)22(31(29,30)25-23)21-12-10-20(6-2)11-13-21/h10-13,18H,5-9,14-17H2,1-4H3/t18-/m0/s1. The lowest BCUT2D eigenvalue weighted by Gasteiger charge is -2.25. The van der Waals surface area contributed by atoms with Gasteiger partial charge in [-0.1, -0.05) is 57.9 Å². The topological polar surface area (TPSA) is 70.1 Å². The van der Waals surface area contributed by atoms with Crippen molar-refractivity contribution < 1.29 is 13.2 Å². The Morgan fingerprint density at radius 1 is 1.10 bits per heavy atom. The number of amides is 1. The van der Waals surface area contributed by atoms with Gasteiger partial charge in [0.15, 0.2) is 0 Å². The Bertz CT molecular complexity index is 964. The van der Waals surface area contributed by atoms with Gasteiger partial charge in [-0.25, -0.2) is 0 Å². The fraction of sp³-hybridized carbons (Fsp3) is 0.583. The summed E-state index contributed by atoms with van der Waals surface area (Å²) in [6, 6.07) is 7.68. The van der Waals surface area contributed by atoms with Crippen LogP contribution in [0.4, 0.5) is 0 Å². The van der Waals surface area contributed by atoms with Crippen LogP contribution in [0, 0.1) is 5.92 Å². The maximum Gasteiger partial charge on any atom is 0.285 e. The average Bonchev–Trinajstić information content (AvgIpc) is 2.91. The van der Waals surface area contributed by atoms with Crippen molar-refractivity contribution >= 4 is 26.7 Å². The molecule has 31 heavy (non-hydrogen) atoms. The molecule has 2 heterocycles. The zero-order chi connectivity index (χ0) is 22.6. The molecule has 3 rings (SSSR count). The smallest absolute Gasteiger partial charge is 0.285 e. The van der Waals surface area contributed by atoms with Crippen molar-refractivity contribution in [2.75, 3.05) is 26.2 Å². The monoisotopic (exact) mass is 445 g/mol. The molecule has 0 aliphatic carbocycles. The third-order valence-corrected chi connectivity index (χ3v) is 7.76. The van der Waals surface area contributed by atoms with Crippen LogP contribution in [0.2, 0.25) is 0 Å². The van der Waals surface area contributed by atoms with Crippen molar-refractivity contribution in [3.63, 3.8) is 0 Å².